The van der Waals surface area contributed by atoms with Gasteiger partial charge in [-0.25, -0.2) is 4.39 Å². The predicted octanol–water partition coefficient (Wildman–Crippen LogP) is 1.98. The number of hydrogen-bond acceptors (Lipinski definition) is 0. The molecule has 0 N–H and O–H groups in total. The Kier molecular flexibility index (Phi) is 3.82. The molecule has 1 aromatic rings. The van der Waals surface area contributed by atoms with Crippen molar-refractivity contribution in [3.8, 4) is 0 Å². The van der Waals surface area contributed by atoms with E-state index in [1.807, 2.05) is 6.92 Å². The van der Waals surface area contributed by atoms with Crippen molar-refractivity contribution < 1.29 is 7.24 Å². The van der Waals surface area contributed by atoms with Gasteiger partial charge in [-0.2, -0.15) is 0 Å². The second-order valence-electron chi connectivity index (χ2n) is 1.80. The zero-order valence-electron chi connectivity index (χ0n) is 7.39. The summed E-state index contributed by atoms with van der Waals surface area (Å²) in [6, 6.07) is 6.40. The molecular formula is C7H9FMg. The maximum Gasteiger partial charge on any atom is 2.00 e. The van der Waals surface area contributed by atoms with Crippen molar-refractivity contribution in [2.24, 2.45) is 0 Å². The first-order chi connectivity index (χ1) is 3.79. The van der Waals surface area contributed by atoms with Crippen molar-refractivity contribution in [1.29, 1.82) is 0 Å². The molecule has 0 saturated heterocycles. The summed E-state index contributed by atoms with van der Waals surface area (Å²) in [6.07, 6.45) is 0. The maximum absolute atomic E-state index is 12.1. The molecule has 0 spiro atoms. The second-order valence-corrected chi connectivity index (χ2v) is 1.80. The molecule has 1 rings (SSSR count). The SMILES string of the molecule is Cc1ccc(F)cc1.[H-].[H-].[Mg+2]. The number of benzene rings is 1. The Balaban J connectivity index is -0.000000213. The molecule has 0 nitrogen and oxygen atoms in total. The summed E-state index contributed by atoms with van der Waals surface area (Å²) in [5.41, 5.74) is 1.09. The van der Waals surface area contributed by atoms with Gasteiger partial charge < -0.3 is 2.85 Å². The average molecular weight is 136 g/mol. The molecule has 0 aliphatic carbocycles. The molecule has 0 bridgehead atoms. The van der Waals surface area contributed by atoms with Crippen LogP contribution in [0, 0.1) is 12.7 Å². The molecule has 0 aliphatic rings. The van der Waals surface area contributed by atoms with Gasteiger partial charge in [-0.1, -0.05) is 17.7 Å². The number of rotatable bonds is 0. The van der Waals surface area contributed by atoms with Crippen LogP contribution in [0.2, 0.25) is 0 Å². The van der Waals surface area contributed by atoms with Crippen LogP contribution in [0.3, 0.4) is 0 Å². The molecule has 46 valence electrons. The van der Waals surface area contributed by atoms with Crippen LogP contribution >= 0.6 is 0 Å². The van der Waals surface area contributed by atoms with Gasteiger partial charge in [0.15, 0.2) is 0 Å². The molecule has 0 unspecified atom stereocenters. The Morgan fingerprint density at radius 1 is 1.22 bits per heavy atom. The van der Waals surface area contributed by atoms with Crippen LogP contribution in [0.15, 0.2) is 24.3 Å². The maximum atomic E-state index is 12.1. The quantitative estimate of drug-likeness (QED) is 0.479. The van der Waals surface area contributed by atoms with Crippen LogP contribution in [0.5, 0.6) is 0 Å². The van der Waals surface area contributed by atoms with Crippen LogP contribution < -0.4 is 0 Å². The Morgan fingerprint density at radius 3 is 2.00 bits per heavy atom. The molecule has 9 heavy (non-hydrogen) atoms. The topological polar surface area (TPSA) is 0 Å². The van der Waals surface area contributed by atoms with E-state index < -0.39 is 0 Å². The molecule has 0 amide bonds. The van der Waals surface area contributed by atoms with E-state index in [0.29, 0.717) is 0 Å². The van der Waals surface area contributed by atoms with Crippen molar-refractivity contribution in [1.82, 2.24) is 0 Å². The molecule has 0 radical (unpaired) electrons. The molecule has 0 atom stereocenters. The van der Waals surface area contributed by atoms with E-state index in [-0.39, 0.29) is 31.7 Å². The number of aryl methyl sites for hydroxylation is 1. The van der Waals surface area contributed by atoms with E-state index in [2.05, 4.69) is 0 Å². The van der Waals surface area contributed by atoms with E-state index in [9.17, 15) is 4.39 Å². The minimum atomic E-state index is -0.171. The smallest absolute Gasteiger partial charge is 1.00 e. The van der Waals surface area contributed by atoms with Crippen LogP contribution in [-0.2, 0) is 0 Å². The molecule has 0 fully saturated rings. The van der Waals surface area contributed by atoms with Gasteiger partial charge in [-0.05, 0) is 19.1 Å². The predicted molar refractivity (Wildman–Crippen MR) is 39.1 cm³/mol. The molecule has 2 heteroatoms. The summed E-state index contributed by atoms with van der Waals surface area (Å²) in [5.74, 6) is -0.171. The summed E-state index contributed by atoms with van der Waals surface area (Å²) in [4.78, 5) is 0. The fraction of sp³-hybridized carbons (Fsp3) is 0.143. The van der Waals surface area contributed by atoms with Crippen molar-refractivity contribution in [2.45, 2.75) is 6.92 Å². The van der Waals surface area contributed by atoms with E-state index in [0.717, 1.165) is 5.56 Å². The molecule has 0 heterocycles. The van der Waals surface area contributed by atoms with Gasteiger partial charge in [0.05, 0.1) is 0 Å². The van der Waals surface area contributed by atoms with E-state index >= 15 is 0 Å². The Hall–Kier alpha value is -0.0838. The minimum absolute atomic E-state index is 0. The first kappa shape index (κ1) is 8.92. The third kappa shape index (κ3) is 2.82. The monoisotopic (exact) mass is 136 g/mol. The van der Waals surface area contributed by atoms with Crippen LogP contribution in [0.4, 0.5) is 4.39 Å². The largest absolute Gasteiger partial charge is 2.00 e. The van der Waals surface area contributed by atoms with Gasteiger partial charge in [-0.15, -0.1) is 0 Å². The van der Waals surface area contributed by atoms with E-state index in [1.165, 1.54) is 12.1 Å². The Labute approximate surface area is 73.2 Å². The summed E-state index contributed by atoms with van der Waals surface area (Å²) < 4.78 is 12.1. The molecular weight excluding hydrogens is 127 g/mol. The molecule has 1 aromatic carbocycles. The van der Waals surface area contributed by atoms with Crippen LogP contribution in [0.25, 0.3) is 0 Å². The third-order valence-corrected chi connectivity index (χ3v) is 1.01. The van der Waals surface area contributed by atoms with Gasteiger partial charge in [0.2, 0.25) is 0 Å². The number of hydrogen-bond donors (Lipinski definition) is 0. The third-order valence-electron chi connectivity index (χ3n) is 1.01. The Bertz CT molecular complexity index is 155. The van der Waals surface area contributed by atoms with Crippen molar-refractivity contribution >= 4 is 23.1 Å². The first-order valence-corrected chi connectivity index (χ1v) is 2.51. The van der Waals surface area contributed by atoms with Crippen molar-refractivity contribution in [3.05, 3.63) is 35.6 Å². The fourth-order valence-electron chi connectivity index (χ4n) is 0.533. The summed E-state index contributed by atoms with van der Waals surface area (Å²) in [7, 11) is 0. The van der Waals surface area contributed by atoms with Gasteiger partial charge in [-0.3, -0.25) is 0 Å². The molecule has 0 aliphatic heterocycles. The van der Waals surface area contributed by atoms with Gasteiger partial charge in [0, 0.05) is 0 Å². The van der Waals surface area contributed by atoms with E-state index in [4.69, 9.17) is 0 Å². The van der Waals surface area contributed by atoms with Gasteiger partial charge in [0.25, 0.3) is 0 Å². The molecule has 0 saturated carbocycles. The standard InChI is InChI=1S/C7H7F.Mg.2H/c1-6-2-4-7(8)5-3-6;;;/h2-5H,1H3;;;/q;+2;2*-1. The van der Waals surface area contributed by atoms with Crippen LogP contribution in [0.1, 0.15) is 8.42 Å². The van der Waals surface area contributed by atoms with Gasteiger partial charge >= 0.3 is 23.1 Å². The Morgan fingerprint density at radius 2 is 1.67 bits per heavy atom. The fourth-order valence-corrected chi connectivity index (χ4v) is 0.533. The second kappa shape index (κ2) is 3.85. The zero-order valence-corrected chi connectivity index (χ0v) is 6.81. The normalized spacial score (nSPS) is 8.22. The number of halogens is 1. The summed E-state index contributed by atoms with van der Waals surface area (Å²) >= 11 is 0. The van der Waals surface area contributed by atoms with Gasteiger partial charge in [0.1, 0.15) is 5.82 Å². The minimum Gasteiger partial charge on any atom is -1.00 e. The summed E-state index contributed by atoms with van der Waals surface area (Å²) in [5, 5.41) is 0. The first-order valence-electron chi connectivity index (χ1n) is 2.51. The summed E-state index contributed by atoms with van der Waals surface area (Å²) in [6.45, 7) is 1.93. The zero-order chi connectivity index (χ0) is 5.98. The van der Waals surface area contributed by atoms with Crippen LogP contribution in [-0.4, -0.2) is 23.1 Å². The average Bonchev–Trinajstić information content (AvgIpc) is 1.77. The van der Waals surface area contributed by atoms with Crippen molar-refractivity contribution in [3.63, 3.8) is 0 Å². The van der Waals surface area contributed by atoms with E-state index in [1.54, 1.807) is 12.1 Å². The molecule has 0 aromatic heterocycles. The van der Waals surface area contributed by atoms with Crippen molar-refractivity contribution in [2.75, 3.05) is 0 Å².